The minimum atomic E-state index is 0.156. The molecule has 0 heterocycles. The SMILES string of the molecule is CCNCC1(OCCC(C)C)CCCCC1. The zero-order chi connectivity index (χ0) is 11.9. The number of hydrogen-bond acceptors (Lipinski definition) is 2. The van der Waals surface area contributed by atoms with Crippen molar-refractivity contribution in [2.75, 3.05) is 19.7 Å². The Hall–Kier alpha value is -0.0800. The van der Waals surface area contributed by atoms with Crippen molar-refractivity contribution < 1.29 is 4.74 Å². The summed E-state index contributed by atoms with van der Waals surface area (Å²) in [7, 11) is 0. The Morgan fingerprint density at radius 3 is 2.44 bits per heavy atom. The van der Waals surface area contributed by atoms with Gasteiger partial charge in [0.1, 0.15) is 0 Å². The zero-order valence-electron chi connectivity index (χ0n) is 11.3. The Labute approximate surface area is 101 Å². The molecule has 1 fully saturated rings. The largest absolute Gasteiger partial charge is 0.374 e. The predicted octanol–water partition coefficient (Wildman–Crippen LogP) is 3.36. The van der Waals surface area contributed by atoms with E-state index < -0.39 is 0 Å². The molecule has 0 aromatic rings. The van der Waals surface area contributed by atoms with Crippen LogP contribution in [0.3, 0.4) is 0 Å². The van der Waals surface area contributed by atoms with Crippen molar-refractivity contribution in [2.45, 2.75) is 64.9 Å². The molecule has 0 atom stereocenters. The summed E-state index contributed by atoms with van der Waals surface area (Å²) < 4.78 is 6.22. The van der Waals surface area contributed by atoms with Crippen molar-refractivity contribution in [3.63, 3.8) is 0 Å². The Morgan fingerprint density at radius 2 is 1.88 bits per heavy atom. The Balaban J connectivity index is 2.36. The average molecular weight is 227 g/mol. The van der Waals surface area contributed by atoms with Crippen LogP contribution in [0.5, 0.6) is 0 Å². The zero-order valence-corrected chi connectivity index (χ0v) is 11.3. The van der Waals surface area contributed by atoms with Crippen molar-refractivity contribution in [1.82, 2.24) is 5.32 Å². The standard InChI is InChI=1S/C14H29NO/c1-4-15-12-14(9-6-5-7-10-14)16-11-8-13(2)3/h13,15H,4-12H2,1-3H3. The van der Waals surface area contributed by atoms with Crippen molar-refractivity contribution >= 4 is 0 Å². The third kappa shape index (κ3) is 4.84. The molecule has 0 radical (unpaired) electrons. The van der Waals surface area contributed by atoms with Crippen LogP contribution in [-0.2, 0) is 4.74 Å². The van der Waals surface area contributed by atoms with Gasteiger partial charge < -0.3 is 10.1 Å². The number of nitrogens with one attached hydrogen (secondary N) is 1. The second-order valence-corrected chi connectivity index (χ2v) is 5.55. The van der Waals surface area contributed by atoms with Crippen molar-refractivity contribution in [1.29, 1.82) is 0 Å². The average Bonchev–Trinajstić information content (AvgIpc) is 2.27. The highest BCUT2D eigenvalue weighted by molar-refractivity contribution is 4.86. The molecule has 1 saturated carbocycles. The first kappa shape index (κ1) is 14.0. The van der Waals surface area contributed by atoms with Gasteiger partial charge in [0, 0.05) is 13.2 Å². The molecule has 0 spiro atoms. The van der Waals surface area contributed by atoms with Gasteiger partial charge in [-0.15, -0.1) is 0 Å². The molecule has 96 valence electrons. The smallest absolute Gasteiger partial charge is 0.0806 e. The Kier molecular flexibility index (Phi) is 6.37. The molecule has 0 unspecified atom stereocenters. The first-order chi connectivity index (χ1) is 7.68. The van der Waals surface area contributed by atoms with Crippen molar-refractivity contribution in [3.05, 3.63) is 0 Å². The summed E-state index contributed by atoms with van der Waals surface area (Å²) in [4.78, 5) is 0. The summed E-state index contributed by atoms with van der Waals surface area (Å²) in [5, 5.41) is 3.47. The molecule has 1 rings (SSSR count). The van der Waals surface area contributed by atoms with Crippen LogP contribution >= 0.6 is 0 Å². The maximum Gasteiger partial charge on any atom is 0.0806 e. The van der Waals surface area contributed by atoms with Crippen LogP contribution in [0.1, 0.15) is 59.3 Å². The van der Waals surface area contributed by atoms with E-state index in [9.17, 15) is 0 Å². The van der Waals surface area contributed by atoms with Crippen LogP contribution in [0, 0.1) is 5.92 Å². The van der Waals surface area contributed by atoms with E-state index in [1.165, 1.54) is 38.5 Å². The molecule has 1 N–H and O–H groups in total. The lowest BCUT2D eigenvalue weighted by atomic mass is 9.84. The van der Waals surface area contributed by atoms with E-state index in [0.29, 0.717) is 0 Å². The first-order valence-corrected chi connectivity index (χ1v) is 7.03. The van der Waals surface area contributed by atoms with Crippen molar-refractivity contribution in [2.24, 2.45) is 5.92 Å². The third-order valence-electron chi connectivity index (χ3n) is 3.57. The van der Waals surface area contributed by atoms with Gasteiger partial charge in [0.25, 0.3) is 0 Å². The maximum absolute atomic E-state index is 6.22. The number of ether oxygens (including phenoxy) is 1. The number of rotatable bonds is 7. The van der Waals surface area contributed by atoms with Gasteiger partial charge in [-0.1, -0.05) is 40.0 Å². The quantitative estimate of drug-likeness (QED) is 0.720. The summed E-state index contributed by atoms with van der Waals surface area (Å²) in [5.74, 6) is 0.750. The van der Waals surface area contributed by atoms with E-state index in [2.05, 4.69) is 26.1 Å². The van der Waals surface area contributed by atoms with Crippen LogP contribution in [0.15, 0.2) is 0 Å². The van der Waals surface area contributed by atoms with Crippen LogP contribution in [0.4, 0.5) is 0 Å². The lowest BCUT2D eigenvalue weighted by Gasteiger charge is -2.37. The minimum Gasteiger partial charge on any atom is -0.374 e. The Morgan fingerprint density at radius 1 is 1.19 bits per heavy atom. The monoisotopic (exact) mass is 227 g/mol. The molecule has 0 aromatic heterocycles. The van der Waals surface area contributed by atoms with Gasteiger partial charge in [0.05, 0.1) is 5.60 Å². The molecule has 0 bridgehead atoms. The fourth-order valence-corrected chi connectivity index (χ4v) is 2.43. The van der Waals surface area contributed by atoms with Gasteiger partial charge in [-0.2, -0.15) is 0 Å². The van der Waals surface area contributed by atoms with E-state index in [1.807, 2.05) is 0 Å². The fraction of sp³-hybridized carbons (Fsp3) is 1.00. The van der Waals surface area contributed by atoms with E-state index >= 15 is 0 Å². The van der Waals surface area contributed by atoms with E-state index in [4.69, 9.17) is 4.74 Å². The highest BCUT2D eigenvalue weighted by atomic mass is 16.5. The summed E-state index contributed by atoms with van der Waals surface area (Å²) in [6, 6.07) is 0. The molecule has 16 heavy (non-hydrogen) atoms. The van der Waals surface area contributed by atoms with Gasteiger partial charge in [0.2, 0.25) is 0 Å². The van der Waals surface area contributed by atoms with Crippen LogP contribution in [0.2, 0.25) is 0 Å². The lowest BCUT2D eigenvalue weighted by molar-refractivity contribution is -0.0713. The van der Waals surface area contributed by atoms with Gasteiger partial charge in [-0.05, 0) is 31.7 Å². The van der Waals surface area contributed by atoms with E-state index in [0.717, 1.165) is 25.6 Å². The molecule has 0 aromatic carbocycles. The first-order valence-electron chi connectivity index (χ1n) is 7.03. The molecular formula is C14H29NO. The van der Waals surface area contributed by atoms with Gasteiger partial charge in [-0.3, -0.25) is 0 Å². The lowest BCUT2D eigenvalue weighted by Crippen LogP contribution is -2.45. The van der Waals surface area contributed by atoms with E-state index in [-0.39, 0.29) is 5.60 Å². The highest BCUT2D eigenvalue weighted by Gasteiger charge is 2.32. The number of hydrogen-bond donors (Lipinski definition) is 1. The van der Waals surface area contributed by atoms with Gasteiger partial charge in [0.15, 0.2) is 0 Å². The normalized spacial score (nSPS) is 20.2. The molecular weight excluding hydrogens is 198 g/mol. The van der Waals surface area contributed by atoms with Crippen LogP contribution in [-0.4, -0.2) is 25.3 Å². The summed E-state index contributed by atoms with van der Waals surface area (Å²) in [6.45, 7) is 9.73. The third-order valence-corrected chi connectivity index (χ3v) is 3.57. The summed E-state index contributed by atoms with van der Waals surface area (Å²) in [6.07, 6.45) is 7.76. The van der Waals surface area contributed by atoms with Crippen LogP contribution < -0.4 is 5.32 Å². The topological polar surface area (TPSA) is 21.3 Å². The molecule has 0 amide bonds. The minimum absolute atomic E-state index is 0.156. The predicted molar refractivity (Wildman–Crippen MR) is 69.8 cm³/mol. The Bertz CT molecular complexity index is 174. The molecule has 0 saturated heterocycles. The van der Waals surface area contributed by atoms with Crippen molar-refractivity contribution in [3.8, 4) is 0 Å². The second-order valence-electron chi connectivity index (χ2n) is 5.55. The highest BCUT2D eigenvalue weighted by Crippen LogP contribution is 2.31. The molecule has 0 aliphatic heterocycles. The summed E-state index contributed by atoms with van der Waals surface area (Å²) >= 11 is 0. The molecule has 1 aliphatic carbocycles. The summed E-state index contributed by atoms with van der Waals surface area (Å²) in [5.41, 5.74) is 0.156. The fourth-order valence-electron chi connectivity index (χ4n) is 2.43. The van der Waals surface area contributed by atoms with Gasteiger partial charge >= 0.3 is 0 Å². The second kappa shape index (κ2) is 7.29. The molecule has 2 heteroatoms. The maximum atomic E-state index is 6.22. The van der Waals surface area contributed by atoms with E-state index in [1.54, 1.807) is 0 Å². The van der Waals surface area contributed by atoms with Crippen LogP contribution in [0.25, 0.3) is 0 Å². The van der Waals surface area contributed by atoms with Gasteiger partial charge in [-0.25, -0.2) is 0 Å². The number of likely N-dealkylation sites (N-methyl/N-ethyl adjacent to an activating group) is 1. The molecule has 1 aliphatic rings. The molecule has 2 nitrogen and oxygen atoms in total.